The molecule has 162 valence electrons. The zero-order valence-corrected chi connectivity index (χ0v) is 19.0. The fraction of sp³-hybridized carbons (Fsp3) is 0.200. The van der Waals surface area contributed by atoms with E-state index < -0.39 is 0 Å². The molecule has 0 saturated carbocycles. The van der Waals surface area contributed by atoms with Gasteiger partial charge in [-0.3, -0.25) is 0 Å². The first-order valence-electron chi connectivity index (χ1n) is 10.7. The van der Waals surface area contributed by atoms with Gasteiger partial charge in [-0.2, -0.15) is 4.98 Å². The molecule has 1 N–H and O–H groups in total. The van der Waals surface area contributed by atoms with Crippen molar-refractivity contribution in [2.45, 2.75) is 6.54 Å². The van der Waals surface area contributed by atoms with Crippen molar-refractivity contribution >= 4 is 51.6 Å². The molecule has 1 saturated heterocycles. The Kier molecular flexibility index (Phi) is 6.02. The lowest BCUT2D eigenvalue weighted by molar-refractivity contribution is 0.641. The minimum atomic E-state index is 0.598. The number of halogens is 2. The van der Waals surface area contributed by atoms with Gasteiger partial charge >= 0.3 is 0 Å². The van der Waals surface area contributed by atoms with Crippen LogP contribution in [0.1, 0.15) is 5.56 Å². The Balaban J connectivity index is 1.38. The lowest BCUT2D eigenvalue weighted by Crippen LogP contribution is -2.47. The van der Waals surface area contributed by atoms with Crippen LogP contribution in [0.2, 0.25) is 10.0 Å². The van der Waals surface area contributed by atoms with Crippen molar-refractivity contribution in [1.82, 2.24) is 9.97 Å². The highest BCUT2D eigenvalue weighted by molar-refractivity contribution is 6.33. The number of anilines is 3. The Morgan fingerprint density at radius 2 is 1.38 bits per heavy atom. The molecule has 0 unspecified atom stereocenters. The molecule has 0 amide bonds. The minimum absolute atomic E-state index is 0.598. The standard InChI is InChI=1S/C25H23Cl2N5/c26-20-9-3-1-7-18(20)17-28-24-19-8-2-5-11-22(19)29-25(30-24)32-15-13-31(14-16-32)23-12-6-4-10-21(23)27/h1-12H,13-17H2,(H,28,29,30). The second-order valence-corrected chi connectivity index (χ2v) is 8.57. The number of aromatic nitrogens is 2. The highest BCUT2D eigenvalue weighted by Gasteiger charge is 2.21. The van der Waals surface area contributed by atoms with Gasteiger partial charge in [0.05, 0.1) is 16.2 Å². The monoisotopic (exact) mass is 463 g/mol. The number of fused-ring (bicyclic) bond motifs is 1. The van der Waals surface area contributed by atoms with Crippen molar-refractivity contribution in [1.29, 1.82) is 0 Å². The fourth-order valence-corrected chi connectivity index (χ4v) is 4.47. The first-order chi connectivity index (χ1) is 15.7. The van der Waals surface area contributed by atoms with Crippen molar-refractivity contribution in [3.8, 4) is 0 Å². The number of nitrogens with zero attached hydrogens (tertiary/aromatic N) is 4. The average Bonchev–Trinajstić information content (AvgIpc) is 2.84. The van der Waals surface area contributed by atoms with Gasteiger partial charge in [-0.1, -0.05) is 65.7 Å². The lowest BCUT2D eigenvalue weighted by Gasteiger charge is -2.36. The predicted octanol–water partition coefficient (Wildman–Crippen LogP) is 5.88. The number of benzene rings is 3. The molecule has 5 nitrogen and oxygen atoms in total. The van der Waals surface area contributed by atoms with E-state index in [0.29, 0.717) is 6.54 Å². The molecule has 0 bridgehead atoms. The van der Waals surface area contributed by atoms with Crippen molar-refractivity contribution in [3.05, 3.63) is 88.4 Å². The van der Waals surface area contributed by atoms with Crippen LogP contribution < -0.4 is 15.1 Å². The summed E-state index contributed by atoms with van der Waals surface area (Å²) in [6.07, 6.45) is 0. The number of rotatable bonds is 5. The summed E-state index contributed by atoms with van der Waals surface area (Å²) >= 11 is 12.7. The summed E-state index contributed by atoms with van der Waals surface area (Å²) in [6, 6.07) is 23.9. The molecule has 32 heavy (non-hydrogen) atoms. The van der Waals surface area contributed by atoms with Crippen LogP contribution in [-0.2, 0) is 6.54 Å². The van der Waals surface area contributed by atoms with Crippen molar-refractivity contribution in [2.75, 3.05) is 41.3 Å². The minimum Gasteiger partial charge on any atom is -0.367 e. The third kappa shape index (κ3) is 4.31. The van der Waals surface area contributed by atoms with Crippen LogP contribution in [0.25, 0.3) is 10.9 Å². The Bertz CT molecular complexity index is 1240. The second-order valence-electron chi connectivity index (χ2n) is 7.76. The van der Waals surface area contributed by atoms with Crippen LogP contribution in [0.5, 0.6) is 0 Å². The van der Waals surface area contributed by atoms with E-state index >= 15 is 0 Å². The zero-order chi connectivity index (χ0) is 21.9. The largest absolute Gasteiger partial charge is 0.367 e. The maximum atomic E-state index is 6.40. The molecular weight excluding hydrogens is 441 g/mol. The van der Waals surface area contributed by atoms with Gasteiger partial charge in [-0.15, -0.1) is 0 Å². The van der Waals surface area contributed by atoms with E-state index in [4.69, 9.17) is 33.2 Å². The normalized spacial score (nSPS) is 14.1. The maximum absolute atomic E-state index is 6.40. The summed E-state index contributed by atoms with van der Waals surface area (Å²) < 4.78 is 0. The van der Waals surface area contributed by atoms with Crippen LogP contribution >= 0.6 is 23.2 Å². The van der Waals surface area contributed by atoms with Gasteiger partial charge in [-0.05, 0) is 35.9 Å². The number of para-hydroxylation sites is 2. The van der Waals surface area contributed by atoms with E-state index in [1.54, 1.807) is 0 Å². The number of hydrogen-bond acceptors (Lipinski definition) is 5. The van der Waals surface area contributed by atoms with Gasteiger partial charge in [0.1, 0.15) is 5.82 Å². The van der Waals surface area contributed by atoms with Crippen LogP contribution in [0.15, 0.2) is 72.8 Å². The van der Waals surface area contributed by atoms with Crippen LogP contribution in [-0.4, -0.2) is 36.1 Å². The van der Waals surface area contributed by atoms with Gasteiger partial charge in [0.2, 0.25) is 5.95 Å². The molecule has 0 atom stereocenters. The summed E-state index contributed by atoms with van der Waals surface area (Å²) in [5.41, 5.74) is 3.04. The summed E-state index contributed by atoms with van der Waals surface area (Å²) in [4.78, 5) is 14.3. The van der Waals surface area contributed by atoms with Crippen LogP contribution in [0.3, 0.4) is 0 Å². The van der Waals surface area contributed by atoms with E-state index in [-0.39, 0.29) is 0 Å². The molecular formula is C25H23Cl2N5. The first-order valence-corrected chi connectivity index (χ1v) is 11.4. The molecule has 1 aliphatic heterocycles. The Hall–Kier alpha value is -3.02. The fourth-order valence-electron chi connectivity index (χ4n) is 4.02. The Labute approximate surface area is 197 Å². The average molecular weight is 464 g/mol. The third-order valence-corrected chi connectivity index (χ3v) is 6.44. The molecule has 0 spiro atoms. The summed E-state index contributed by atoms with van der Waals surface area (Å²) in [5.74, 6) is 1.56. The molecule has 0 aliphatic carbocycles. The topological polar surface area (TPSA) is 44.3 Å². The highest BCUT2D eigenvalue weighted by Crippen LogP contribution is 2.28. The second kappa shape index (κ2) is 9.23. The maximum Gasteiger partial charge on any atom is 0.228 e. The first kappa shape index (κ1) is 20.9. The van der Waals surface area contributed by atoms with Gasteiger partial charge in [0, 0.05) is 43.1 Å². The van der Waals surface area contributed by atoms with Gasteiger partial charge in [0.15, 0.2) is 0 Å². The number of piperazine rings is 1. The highest BCUT2D eigenvalue weighted by atomic mass is 35.5. The van der Waals surface area contributed by atoms with E-state index in [9.17, 15) is 0 Å². The lowest BCUT2D eigenvalue weighted by atomic mass is 10.2. The molecule has 1 aromatic heterocycles. The van der Waals surface area contributed by atoms with Gasteiger partial charge in [-0.25, -0.2) is 4.98 Å². The molecule has 7 heteroatoms. The van der Waals surface area contributed by atoms with Crippen molar-refractivity contribution in [3.63, 3.8) is 0 Å². The van der Waals surface area contributed by atoms with Crippen LogP contribution in [0.4, 0.5) is 17.5 Å². The SMILES string of the molecule is Clc1ccccc1CNc1nc(N2CCN(c3ccccc3Cl)CC2)nc2ccccc12. The Morgan fingerprint density at radius 1 is 0.719 bits per heavy atom. The number of hydrogen-bond donors (Lipinski definition) is 1. The third-order valence-electron chi connectivity index (χ3n) is 5.75. The van der Waals surface area contributed by atoms with E-state index in [0.717, 1.165) is 70.1 Å². The molecule has 4 aromatic rings. The van der Waals surface area contributed by atoms with Crippen LogP contribution in [0, 0.1) is 0 Å². The molecule has 3 aromatic carbocycles. The quantitative estimate of drug-likeness (QED) is 0.400. The van der Waals surface area contributed by atoms with E-state index in [1.807, 2.05) is 66.7 Å². The summed E-state index contributed by atoms with van der Waals surface area (Å²) in [5, 5.41) is 6.01. The summed E-state index contributed by atoms with van der Waals surface area (Å²) in [6.45, 7) is 3.98. The smallest absolute Gasteiger partial charge is 0.228 e. The van der Waals surface area contributed by atoms with E-state index in [2.05, 4.69) is 21.2 Å². The Morgan fingerprint density at radius 3 is 2.16 bits per heavy atom. The van der Waals surface area contributed by atoms with E-state index in [1.165, 1.54) is 0 Å². The van der Waals surface area contributed by atoms with Gasteiger partial charge < -0.3 is 15.1 Å². The molecule has 5 rings (SSSR count). The molecule has 0 radical (unpaired) electrons. The summed E-state index contributed by atoms with van der Waals surface area (Å²) in [7, 11) is 0. The molecule has 2 heterocycles. The van der Waals surface area contributed by atoms with Gasteiger partial charge in [0.25, 0.3) is 0 Å². The number of nitrogens with one attached hydrogen (secondary N) is 1. The zero-order valence-electron chi connectivity index (χ0n) is 17.5. The van der Waals surface area contributed by atoms with Crippen molar-refractivity contribution in [2.24, 2.45) is 0 Å². The van der Waals surface area contributed by atoms with Crippen molar-refractivity contribution < 1.29 is 0 Å². The molecule has 1 fully saturated rings. The predicted molar refractivity (Wildman–Crippen MR) is 134 cm³/mol. The molecule has 1 aliphatic rings.